The van der Waals surface area contributed by atoms with Crippen molar-refractivity contribution in [2.75, 3.05) is 37.7 Å². The first kappa shape index (κ1) is 17.9. The van der Waals surface area contributed by atoms with Crippen molar-refractivity contribution < 1.29 is 14.5 Å². The van der Waals surface area contributed by atoms with Crippen molar-refractivity contribution in [2.45, 2.75) is 32.8 Å². The van der Waals surface area contributed by atoms with Gasteiger partial charge < -0.3 is 20.3 Å². The molecule has 0 heterocycles. The molecule has 5 nitrogen and oxygen atoms in total. The summed E-state index contributed by atoms with van der Waals surface area (Å²) >= 11 is -0.996. The fourth-order valence-electron chi connectivity index (χ4n) is 1.38. The van der Waals surface area contributed by atoms with Crippen LogP contribution in [0.15, 0.2) is 0 Å². The number of hydrogen-bond donors (Lipinski definition) is 3. The molecule has 18 heavy (non-hydrogen) atoms. The molecular formula is C12H26N2O3S. The number of Topliss-reactive ketones (excluding diaryl/α,β-unsaturated/α-hetero) is 1. The highest BCUT2D eigenvalue weighted by atomic mass is 32.2. The van der Waals surface area contributed by atoms with E-state index in [4.69, 9.17) is 0 Å². The molecule has 0 radical (unpaired) electrons. The van der Waals surface area contributed by atoms with Crippen molar-refractivity contribution in [1.29, 1.82) is 0 Å². The van der Waals surface area contributed by atoms with Gasteiger partial charge in [0.1, 0.15) is 17.1 Å². The fourth-order valence-corrected chi connectivity index (χ4v) is 2.78. The van der Waals surface area contributed by atoms with Crippen molar-refractivity contribution in [3.63, 3.8) is 0 Å². The second-order valence-corrected chi connectivity index (χ2v) is 6.53. The molecule has 3 N–H and O–H groups in total. The van der Waals surface area contributed by atoms with Gasteiger partial charge in [0.05, 0.1) is 13.1 Å². The number of rotatable bonds is 11. The molecule has 1 atom stereocenters. The minimum Gasteiger partial charge on any atom is -0.616 e. The third-order valence-electron chi connectivity index (χ3n) is 2.13. The SMILES string of the molecule is CCNCC(=O)CNCCC[S+]([O-])CC(C)(C)O. The average molecular weight is 278 g/mol. The molecule has 0 aromatic carbocycles. The summed E-state index contributed by atoms with van der Waals surface area (Å²) in [6.45, 7) is 7.49. The second-order valence-electron chi connectivity index (χ2n) is 4.95. The molecule has 0 aliphatic carbocycles. The monoisotopic (exact) mass is 278 g/mol. The Bertz CT molecular complexity index is 232. The summed E-state index contributed by atoms with van der Waals surface area (Å²) in [7, 11) is 0. The van der Waals surface area contributed by atoms with Crippen molar-refractivity contribution in [3.8, 4) is 0 Å². The van der Waals surface area contributed by atoms with E-state index in [1.165, 1.54) is 0 Å². The predicted molar refractivity (Wildman–Crippen MR) is 75.2 cm³/mol. The van der Waals surface area contributed by atoms with Gasteiger partial charge in [0.15, 0.2) is 5.78 Å². The molecule has 108 valence electrons. The molecule has 1 unspecified atom stereocenters. The highest BCUT2D eigenvalue weighted by Crippen LogP contribution is 2.07. The molecule has 0 saturated heterocycles. The Labute approximate surface area is 113 Å². The zero-order valence-electron chi connectivity index (χ0n) is 11.6. The second kappa shape index (κ2) is 9.75. The van der Waals surface area contributed by atoms with Crippen molar-refractivity contribution in [1.82, 2.24) is 10.6 Å². The summed E-state index contributed by atoms with van der Waals surface area (Å²) in [5.74, 6) is 0.986. The molecule has 0 aromatic heterocycles. The summed E-state index contributed by atoms with van der Waals surface area (Å²) in [6, 6.07) is 0. The van der Waals surface area contributed by atoms with Crippen LogP contribution in [0.5, 0.6) is 0 Å². The maximum Gasteiger partial charge on any atom is 0.160 e. The first-order chi connectivity index (χ1) is 8.35. The maximum atomic E-state index is 11.5. The normalized spacial score (nSPS) is 13.6. The van der Waals surface area contributed by atoms with E-state index in [1.807, 2.05) is 6.92 Å². The number of carbonyl (C=O) groups is 1. The van der Waals surface area contributed by atoms with Crippen molar-refractivity contribution in [3.05, 3.63) is 0 Å². The van der Waals surface area contributed by atoms with Crippen LogP contribution in [0.2, 0.25) is 0 Å². The lowest BCUT2D eigenvalue weighted by Crippen LogP contribution is -2.34. The van der Waals surface area contributed by atoms with Gasteiger partial charge in [-0.1, -0.05) is 18.1 Å². The van der Waals surface area contributed by atoms with Gasteiger partial charge in [-0.2, -0.15) is 0 Å². The molecule has 0 amide bonds. The van der Waals surface area contributed by atoms with E-state index in [2.05, 4.69) is 10.6 Å². The van der Waals surface area contributed by atoms with Crippen molar-refractivity contribution >= 4 is 17.0 Å². The highest BCUT2D eigenvalue weighted by Gasteiger charge is 2.20. The molecular weight excluding hydrogens is 252 g/mol. The number of likely N-dealkylation sites (N-methyl/N-ethyl adjacent to an activating group) is 1. The Morgan fingerprint density at radius 3 is 2.50 bits per heavy atom. The molecule has 0 fully saturated rings. The smallest absolute Gasteiger partial charge is 0.160 e. The van der Waals surface area contributed by atoms with Crippen LogP contribution in [-0.2, 0) is 16.0 Å². The fraction of sp³-hybridized carbons (Fsp3) is 0.917. The molecule has 6 heteroatoms. The highest BCUT2D eigenvalue weighted by molar-refractivity contribution is 7.91. The number of hydrogen-bond acceptors (Lipinski definition) is 5. The first-order valence-corrected chi connectivity index (χ1v) is 7.84. The molecule has 0 saturated carbocycles. The quantitative estimate of drug-likeness (QED) is 0.356. The number of ketones is 1. The van der Waals surface area contributed by atoms with Gasteiger partial charge in [-0.15, -0.1) is 0 Å². The molecule has 0 bridgehead atoms. The van der Waals surface area contributed by atoms with Gasteiger partial charge in [0.2, 0.25) is 0 Å². The summed E-state index contributed by atoms with van der Waals surface area (Å²) in [5, 5.41) is 15.5. The summed E-state index contributed by atoms with van der Waals surface area (Å²) in [4.78, 5) is 11.3. The van der Waals surface area contributed by atoms with Gasteiger partial charge in [0.25, 0.3) is 0 Å². The third kappa shape index (κ3) is 12.3. The predicted octanol–water partition coefficient (Wildman–Crippen LogP) is -0.336. The Morgan fingerprint density at radius 2 is 1.94 bits per heavy atom. The largest absolute Gasteiger partial charge is 0.616 e. The minimum absolute atomic E-state index is 0.134. The van der Waals surface area contributed by atoms with Gasteiger partial charge in [0, 0.05) is 13.0 Å². The maximum absolute atomic E-state index is 11.5. The number of aliphatic hydroxyl groups is 1. The topological polar surface area (TPSA) is 84.4 Å². The lowest BCUT2D eigenvalue weighted by Gasteiger charge is -2.19. The van der Waals surface area contributed by atoms with Crippen LogP contribution in [0.4, 0.5) is 0 Å². The van der Waals surface area contributed by atoms with Crippen LogP contribution in [0.25, 0.3) is 0 Å². The number of nitrogens with one attached hydrogen (secondary N) is 2. The van der Waals surface area contributed by atoms with E-state index >= 15 is 0 Å². The van der Waals surface area contributed by atoms with Gasteiger partial charge in [-0.05, 0) is 20.4 Å². The van der Waals surface area contributed by atoms with Gasteiger partial charge >= 0.3 is 0 Å². The molecule has 0 aromatic rings. The molecule has 0 aliphatic rings. The minimum atomic E-state index is -0.996. The zero-order valence-corrected chi connectivity index (χ0v) is 12.4. The summed E-state index contributed by atoms with van der Waals surface area (Å²) in [5.41, 5.74) is -0.875. The Hall–Kier alpha value is -0.140. The molecule has 0 spiro atoms. The third-order valence-corrected chi connectivity index (χ3v) is 3.91. The lowest BCUT2D eigenvalue weighted by atomic mass is 10.2. The zero-order chi connectivity index (χ0) is 14.0. The van der Waals surface area contributed by atoms with Crippen LogP contribution < -0.4 is 10.6 Å². The summed E-state index contributed by atoms with van der Waals surface area (Å²) < 4.78 is 11.5. The molecule has 0 aliphatic heterocycles. The number of carbonyl (C=O) groups excluding carboxylic acids is 1. The first-order valence-electron chi connectivity index (χ1n) is 6.35. The van der Waals surface area contributed by atoms with E-state index in [1.54, 1.807) is 13.8 Å². The van der Waals surface area contributed by atoms with Crippen LogP contribution in [0, 0.1) is 0 Å². The van der Waals surface area contributed by atoms with E-state index < -0.39 is 16.8 Å². The van der Waals surface area contributed by atoms with Crippen LogP contribution in [0.1, 0.15) is 27.2 Å². The Balaban J connectivity index is 3.42. The Kier molecular flexibility index (Phi) is 9.67. The van der Waals surface area contributed by atoms with E-state index in [9.17, 15) is 14.5 Å². The summed E-state index contributed by atoms with van der Waals surface area (Å²) in [6.07, 6.45) is 0.747. The average Bonchev–Trinajstić information content (AvgIpc) is 2.23. The molecule has 0 rings (SSSR count). The van der Waals surface area contributed by atoms with E-state index in [-0.39, 0.29) is 5.78 Å². The van der Waals surface area contributed by atoms with Gasteiger partial charge in [-0.25, -0.2) is 0 Å². The van der Waals surface area contributed by atoms with E-state index in [0.717, 1.165) is 13.0 Å². The Morgan fingerprint density at radius 1 is 1.33 bits per heavy atom. The van der Waals surface area contributed by atoms with Crippen molar-refractivity contribution in [2.24, 2.45) is 0 Å². The van der Waals surface area contributed by atoms with Crippen LogP contribution >= 0.6 is 0 Å². The van der Waals surface area contributed by atoms with E-state index in [0.29, 0.717) is 31.1 Å². The van der Waals surface area contributed by atoms with Crippen LogP contribution in [-0.4, -0.2) is 58.7 Å². The van der Waals surface area contributed by atoms with Gasteiger partial charge in [-0.3, -0.25) is 4.79 Å². The lowest BCUT2D eigenvalue weighted by molar-refractivity contribution is -0.117. The van der Waals surface area contributed by atoms with Crippen LogP contribution in [0.3, 0.4) is 0 Å². The standard InChI is InChI=1S/C12H26N2O3S/c1-4-13-8-11(15)9-14-6-5-7-18(17)10-12(2,3)16/h13-14,16H,4-10H2,1-3H3.